The second-order valence-electron chi connectivity index (χ2n) is 8.85. The van der Waals surface area contributed by atoms with Gasteiger partial charge in [-0.2, -0.15) is 0 Å². The summed E-state index contributed by atoms with van der Waals surface area (Å²) in [5.41, 5.74) is 2.64. The predicted octanol–water partition coefficient (Wildman–Crippen LogP) is 3.77. The fraction of sp³-hybridized carbons (Fsp3) is 0.296. The van der Waals surface area contributed by atoms with E-state index in [1.165, 1.54) is 4.90 Å². The number of nitrogens with one attached hydrogen (secondary N) is 1. The largest absolute Gasteiger partial charge is 0.497 e. The molecule has 9 heteroatoms. The second kappa shape index (κ2) is 11.4. The van der Waals surface area contributed by atoms with E-state index in [1.807, 2.05) is 24.3 Å². The summed E-state index contributed by atoms with van der Waals surface area (Å²) < 4.78 is 6.85. The number of hydrogen-bond acceptors (Lipinski definition) is 6. The van der Waals surface area contributed by atoms with Crippen molar-refractivity contribution in [2.24, 2.45) is 5.92 Å². The molecule has 0 bridgehead atoms. The van der Waals surface area contributed by atoms with Crippen LogP contribution in [-0.4, -0.2) is 45.4 Å². The zero-order valence-electron chi connectivity index (χ0n) is 20.7. The Bertz CT molecular complexity index is 1300. The standard InChI is InChI=1S/C27H30N6O3/c1-19(2)12-17-29-27(35)26(20-13-15-28-16-14-20)33(21-8-10-22(36-3)11-9-21)25(34)18-32-24-7-5-4-6-23(24)30-31-32/h4-11,13-16,19,26H,12,17-18H2,1-3H3,(H,29,35)/t26-/m0/s1. The van der Waals surface area contributed by atoms with Crippen molar-refractivity contribution < 1.29 is 14.3 Å². The quantitative estimate of drug-likeness (QED) is 0.366. The Balaban J connectivity index is 1.74. The molecule has 2 aromatic carbocycles. The number of aromatic nitrogens is 4. The van der Waals surface area contributed by atoms with E-state index < -0.39 is 6.04 Å². The Labute approximate surface area is 210 Å². The maximum atomic E-state index is 13.9. The summed E-state index contributed by atoms with van der Waals surface area (Å²) in [6.07, 6.45) is 4.06. The molecule has 4 aromatic rings. The summed E-state index contributed by atoms with van der Waals surface area (Å²) in [6, 6.07) is 17.1. The average Bonchev–Trinajstić information content (AvgIpc) is 3.30. The van der Waals surface area contributed by atoms with Crippen LogP contribution in [0.15, 0.2) is 73.1 Å². The monoisotopic (exact) mass is 486 g/mol. The van der Waals surface area contributed by atoms with E-state index >= 15 is 0 Å². The van der Waals surface area contributed by atoms with E-state index in [0.717, 1.165) is 11.9 Å². The number of benzene rings is 2. The van der Waals surface area contributed by atoms with Crippen molar-refractivity contribution in [3.63, 3.8) is 0 Å². The fourth-order valence-corrected chi connectivity index (χ4v) is 3.96. The van der Waals surface area contributed by atoms with Gasteiger partial charge in [-0.3, -0.25) is 19.5 Å². The molecule has 2 aromatic heterocycles. The van der Waals surface area contributed by atoms with Gasteiger partial charge < -0.3 is 10.1 Å². The van der Waals surface area contributed by atoms with Crippen LogP contribution in [-0.2, 0) is 16.1 Å². The van der Waals surface area contributed by atoms with Crippen molar-refractivity contribution in [3.8, 4) is 5.75 Å². The number of para-hydroxylation sites is 1. The van der Waals surface area contributed by atoms with Gasteiger partial charge >= 0.3 is 0 Å². The number of amides is 2. The van der Waals surface area contributed by atoms with Gasteiger partial charge in [0.25, 0.3) is 0 Å². The van der Waals surface area contributed by atoms with Crippen molar-refractivity contribution >= 4 is 28.5 Å². The molecule has 186 valence electrons. The van der Waals surface area contributed by atoms with Crippen molar-refractivity contribution in [2.75, 3.05) is 18.6 Å². The number of nitrogens with zero attached hydrogens (tertiary/aromatic N) is 5. The molecule has 0 spiro atoms. The number of anilines is 1. The Morgan fingerprint density at radius 2 is 1.75 bits per heavy atom. The minimum absolute atomic E-state index is 0.0899. The van der Waals surface area contributed by atoms with Gasteiger partial charge in [0.05, 0.1) is 12.6 Å². The first-order chi connectivity index (χ1) is 17.5. The molecule has 0 aliphatic rings. The van der Waals surface area contributed by atoms with Crippen LogP contribution in [0, 0.1) is 5.92 Å². The first-order valence-electron chi connectivity index (χ1n) is 11.9. The van der Waals surface area contributed by atoms with Crippen molar-refractivity contribution in [1.29, 1.82) is 0 Å². The van der Waals surface area contributed by atoms with Crippen LogP contribution in [0.4, 0.5) is 5.69 Å². The van der Waals surface area contributed by atoms with Gasteiger partial charge in [0.15, 0.2) is 0 Å². The van der Waals surface area contributed by atoms with E-state index in [-0.39, 0.29) is 18.4 Å². The predicted molar refractivity (Wildman–Crippen MR) is 137 cm³/mol. The van der Waals surface area contributed by atoms with Gasteiger partial charge in [0.1, 0.15) is 23.9 Å². The molecule has 0 unspecified atom stereocenters. The highest BCUT2D eigenvalue weighted by atomic mass is 16.5. The Kier molecular flexibility index (Phi) is 7.89. The number of carbonyl (C=O) groups is 2. The number of pyridine rings is 1. The lowest BCUT2D eigenvalue weighted by Crippen LogP contribution is -2.45. The highest BCUT2D eigenvalue weighted by Crippen LogP contribution is 2.30. The number of methoxy groups -OCH3 is 1. The van der Waals surface area contributed by atoms with Gasteiger partial charge in [0.2, 0.25) is 11.8 Å². The van der Waals surface area contributed by atoms with Crippen molar-refractivity contribution in [1.82, 2.24) is 25.3 Å². The smallest absolute Gasteiger partial charge is 0.249 e. The number of rotatable bonds is 10. The molecular formula is C27H30N6O3. The van der Waals surface area contributed by atoms with E-state index in [1.54, 1.807) is 60.6 Å². The first kappa shape index (κ1) is 24.8. The van der Waals surface area contributed by atoms with E-state index in [0.29, 0.717) is 35.0 Å². The summed E-state index contributed by atoms with van der Waals surface area (Å²) in [5.74, 6) is 0.506. The molecule has 36 heavy (non-hydrogen) atoms. The normalized spacial score (nSPS) is 11.9. The van der Waals surface area contributed by atoms with Gasteiger partial charge in [0, 0.05) is 24.6 Å². The molecule has 0 aliphatic carbocycles. The first-order valence-corrected chi connectivity index (χ1v) is 11.9. The van der Waals surface area contributed by atoms with Crippen molar-refractivity contribution in [2.45, 2.75) is 32.9 Å². The molecule has 0 saturated carbocycles. The molecule has 2 amide bonds. The Morgan fingerprint density at radius 3 is 2.44 bits per heavy atom. The van der Waals surface area contributed by atoms with Crippen LogP contribution in [0.5, 0.6) is 5.75 Å². The molecule has 1 atom stereocenters. The van der Waals surface area contributed by atoms with Crippen LogP contribution < -0.4 is 15.0 Å². The van der Waals surface area contributed by atoms with E-state index in [2.05, 4.69) is 34.5 Å². The lowest BCUT2D eigenvalue weighted by Gasteiger charge is -2.31. The van der Waals surface area contributed by atoms with Crippen LogP contribution in [0.3, 0.4) is 0 Å². The minimum atomic E-state index is -0.907. The fourth-order valence-electron chi connectivity index (χ4n) is 3.96. The van der Waals surface area contributed by atoms with Gasteiger partial charge in [-0.15, -0.1) is 5.10 Å². The maximum Gasteiger partial charge on any atom is 0.249 e. The molecule has 2 heterocycles. The third kappa shape index (κ3) is 5.68. The second-order valence-corrected chi connectivity index (χ2v) is 8.85. The Morgan fingerprint density at radius 1 is 1.03 bits per heavy atom. The van der Waals surface area contributed by atoms with Gasteiger partial charge in [-0.1, -0.05) is 31.2 Å². The zero-order valence-corrected chi connectivity index (χ0v) is 20.7. The number of carbonyl (C=O) groups excluding carboxylic acids is 2. The van der Waals surface area contributed by atoms with Crippen LogP contribution in [0.1, 0.15) is 31.9 Å². The van der Waals surface area contributed by atoms with E-state index in [9.17, 15) is 9.59 Å². The molecule has 4 rings (SSSR count). The zero-order chi connectivity index (χ0) is 25.5. The SMILES string of the molecule is COc1ccc(N(C(=O)Cn2nnc3ccccc32)[C@H](C(=O)NCCC(C)C)c2ccncc2)cc1. The molecule has 9 nitrogen and oxygen atoms in total. The van der Waals surface area contributed by atoms with Crippen LogP contribution >= 0.6 is 0 Å². The average molecular weight is 487 g/mol. The lowest BCUT2D eigenvalue weighted by molar-refractivity contribution is -0.127. The molecular weight excluding hydrogens is 456 g/mol. The van der Waals surface area contributed by atoms with Gasteiger partial charge in [-0.05, 0) is 66.4 Å². The third-order valence-corrected chi connectivity index (χ3v) is 5.87. The summed E-state index contributed by atoms with van der Waals surface area (Å²) in [4.78, 5) is 33.1. The minimum Gasteiger partial charge on any atom is -0.497 e. The molecule has 0 radical (unpaired) electrons. The molecule has 1 N–H and O–H groups in total. The molecule has 0 fully saturated rings. The lowest BCUT2D eigenvalue weighted by atomic mass is 10.0. The number of fused-ring (bicyclic) bond motifs is 1. The third-order valence-electron chi connectivity index (χ3n) is 5.87. The number of ether oxygens (including phenoxy) is 1. The van der Waals surface area contributed by atoms with Crippen LogP contribution in [0.25, 0.3) is 11.0 Å². The molecule has 0 saturated heterocycles. The maximum absolute atomic E-state index is 13.9. The highest BCUT2D eigenvalue weighted by molar-refractivity contribution is 6.01. The summed E-state index contributed by atoms with van der Waals surface area (Å²) >= 11 is 0. The highest BCUT2D eigenvalue weighted by Gasteiger charge is 2.33. The summed E-state index contributed by atoms with van der Waals surface area (Å²) in [7, 11) is 1.58. The van der Waals surface area contributed by atoms with Gasteiger partial charge in [-0.25, -0.2) is 4.68 Å². The van der Waals surface area contributed by atoms with Crippen molar-refractivity contribution in [3.05, 3.63) is 78.6 Å². The van der Waals surface area contributed by atoms with Crippen LogP contribution in [0.2, 0.25) is 0 Å². The summed E-state index contributed by atoms with van der Waals surface area (Å²) in [5, 5.41) is 11.3. The summed E-state index contributed by atoms with van der Waals surface area (Å²) in [6.45, 7) is 4.62. The number of hydrogen-bond donors (Lipinski definition) is 1. The molecule has 0 aliphatic heterocycles. The van der Waals surface area contributed by atoms with E-state index in [4.69, 9.17) is 4.74 Å². The topological polar surface area (TPSA) is 102 Å². The Hall–Kier alpha value is -4.27.